The summed E-state index contributed by atoms with van der Waals surface area (Å²) in [6.45, 7) is 0. The molecule has 68 valence electrons. The predicted octanol–water partition coefficient (Wildman–Crippen LogP) is 1.84. The van der Waals surface area contributed by atoms with E-state index >= 15 is 0 Å². The zero-order valence-electron chi connectivity index (χ0n) is 6.10. The number of halogens is 3. The van der Waals surface area contributed by atoms with Crippen molar-refractivity contribution in [1.82, 2.24) is 11.1 Å². The highest BCUT2D eigenvalue weighted by Crippen LogP contribution is 2.28. The normalized spacial score (nSPS) is 10.6. The van der Waals surface area contributed by atoms with Crippen LogP contribution in [0.4, 0.5) is 19.0 Å². The van der Waals surface area contributed by atoms with Crippen molar-refractivity contribution in [3.05, 3.63) is 23.9 Å². The van der Waals surface area contributed by atoms with Crippen molar-refractivity contribution in [2.24, 2.45) is 0 Å². The summed E-state index contributed by atoms with van der Waals surface area (Å²) in [5.74, 6) is 0.0815. The van der Waals surface area contributed by atoms with E-state index in [4.69, 9.17) is 5.73 Å². The highest BCUT2D eigenvalue weighted by Gasteiger charge is 2.30. The van der Waals surface area contributed by atoms with Crippen molar-refractivity contribution in [2.75, 3.05) is 5.73 Å². The zero-order valence-corrected chi connectivity index (χ0v) is 6.10. The molecule has 0 aliphatic heterocycles. The molecule has 0 aromatic carbocycles. The van der Waals surface area contributed by atoms with Gasteiger partial charge >= 0.3 is 6.18 Å². The number of nitrogen functional groups attached to an aromatic ring is 1. The van der Waals surface area contributed by atoms with Gasteiger partial charge in [-0.25, -0.2) is 4.98 Å². The van der Waals surface area contributed by atoms with Gasteiger partial charge in [-0.05, 0) is 12.1 Å². The van der Waals surface area contributed by atoms with Gasteiger partial charge in [0.25, 0.3) is 0 Å². The molecule has 3 nitrogen and oxygen atoms in total. The molecule has 0 radical (unpaired) electrons. The van der Waals surface area contributed by atoms with Crippen LogP contribution >= 0.6 is 0 Å². The lowest BCUT2D eigenvalue weighted by Crippen LogP contribution is -2.05. The van der Waals surface area contributed by atoms with Crippen molar-refractivity contribution < 1.29 is 13.2 Å². The van der Waals surface area contributed by atoms with Crippen molar-refractivity contribution in [3.63, 3.8) is 0 Å². The van der Waals surface area contributed by atoms with Crippen LogP contribution in [0.25, 0.3) is 0 Å². The van der Waals surface area contributed by atoms with Gasteiger partial charge in [-0.3, -0.25) is 0 Å². The first kappa shape index (κ1) is 10.7. The van der Waals surface area contributed by atoms with Crippen LogP contribution in [-0.2, 0) is 6.18 Å². The number of nitrogens with zero attached hydrogens (tertiary/aromatic N) is 1. The summed E-state index contributed by atoms with van der Waals surface area (Å²) in [5, 5.41) is 0. The van der Waals surface area contributed by atoms with E-state index in [2.05, 4.69) is 4.98 Å². The SMILES string of the molecule is N.Nc1ccc(C(F)(F)F)cn1. The summed E-state index contributed by atoms with van der Waals surface area (Å²) in [4.78, 5) is 3.30. The summed E-state index contributed by atoms with van der Waals surface area (Å²) >= 11 is 0. The number of hydrogen-bond acceptors (Lipinski definition) is 3. The fourth-order valence-electron chi connectivity index (χ4n) is 0.573. The lowest BCUT2D eigenvalue weighted by Gasteiger charge is -2.04. The van der Waals surface area contributed by atoms with Crippen LogP contribution in [0.3, 0.4) is 0 Å². The highest BCUT2D eigenvalue weighted by molar-refractivity contribution is 5.30. The third kappa shape index (κ3) is 2.39. The average molecular weight is 179 g/mol. The van der Waals surface area contributed by atoms with E-state index in [0.717, 1.165) is 12.1 Å². The van der Waals surface area contributed by atoms with Gasteiger partial charge in [-0.1, -0.05) is 0 Å². The Morgan fingerprint density at radius 3 is 2.17 bits per heavy atom. The van der Waals surface area contributed by atoms with Crippen LogP contribution in [0.15, 0.2) is 18.3 Å². The quantitative estimate of drug-likeness (QED) is 0.638. The molecule has 1 aromatic rings. The van der Waals surface area contributed by atoms with Gasteiger partial charge in [-0.2, -0.15) is 13.2 Å². The molecule has 0 unspecified atom stereocenters. The van der Waals surface area contributed by atoms with Crippen molar-refractivity contribution in [3.8, 4) is 0 Å². The van der Waals surface area contributed by atoms with Crippen molar-refractivity contribution in [1.29, 1.82) is 0 Å². The van der Waals surface area contributed by atoms with Gasteiger partial charge in [-0.15, -0.1) is 0 Å². The molecule has 0 amide bonds. The number of anilines is 1. The molecule has 0 aliphatic rings. The Labute approximate surface area is 67.0 Å². The van der Waals surface area contributed by atoms with Gasteiger partial charge in [0.15, 0.2) is 0 Å². The molecule has 0 fully saturated rings. The standard InChI is InChI=1S/C6H5F3N2.H3N/c7-6(8,9)4-1-2-5(10)11-3-4;/h1-3H,(H2,10,11);1H3. The molecule has 0 atom stereocenters. The Bertz CT molecular complexity index is 241. The summed E-state index contributed by atoms with van der Waals surface area (Å²) in [7, 11) is 0. The first-order valence-corrected chi connectivity index (χ1v) is 2.79. The number of pyridine rings is 1. The van der Waals surface area contributed by atoms with E-state index < -0.39 is 11.7 Å². The van der Waals surface area contributed by atoms with E-state index in [-0.39, 0.29) is 12.0 Å². The Hall–Kier alpha value is -1.30. The van der Waals surface area contributed by atoms with Crippen LogP contribution in [0.5, 0.6) is 0 Å². The van der Waals surface area contributed by atoms with Crippen molar-refractivity contribution in [2.45, 2.75) is 6.18 Å². The molecule has 1 rings (SSSR count). The van der Waals surface area contributed by atoms with Gasteiger partial charge in [0.05, 0.1) is 5.56 Å². The predicted molar refractivity (Wildman–Crippen MR) is 38.7 cm³/mol. The first-order chi connectivity index (χ1) is 5.00. The molecule has 5 N–H and O–H groups in total. The third-order valence-electron chi connectivity index (χ3n) is 1.11. The second kappa shape index (κ2) is 3.40. The molecule has 0 bridgehead atoms. The molecule has 0 saturated heterocycles. The molecule has 0 saturated carbocycles. The summed E-state index contributed by atoms with van der Waals surface area (Å²) in [5.41, 5.74) is 4.31. The molecule has 12 heavy (non-hydrogen) atoms. The maximum absolute atomic E-state index is 11.8. The van der Waals surface area contributed by atoms with Crippen LogP contribution in [0.1, 0.15) is 5.56 Å². The molecule has 1 aromatic heterocycles. The van der Waals surface area contributed by atoms with Crippen LogP contribution in [0, 0.1) is 0 Å². The molecule has 0 spiro atoms. The van der Waals surface area contributed by atoms with Crippen LogP contribution < -0.4 is 11.9 Å². The number of alkyl halides is 3. The Morgan fingerprint density at radius 2 is 1.83 bits per heavy atom. The van der Waals surface area contributed by atoms with E-state index in [0.29, 0.717) is 6.20 Å². The van der Waals surface area contributed by atoms with Gasteiger partial charge in [0, 0.05) is 6.20 Å². The van der Waals surface area contributed by atoms with E-state index in [1.165, 1.54) is 0 Å². The lowest BCUT2D eigenvalue weighted by atomic mass is 10.3. The largest absolute Gasteiger partial charge is 0.417 e. The smallest absolute Gasteiger partial charge is 0.384 e. The summed E-state index contributed by atoms with van der Waals surface area (Å²) in [6.07, 6.45) is -3.63. The minimum Gasteiger partial charge on any atom is -0.384 e. The minimum absolute atomic E-state index is 0. The van der Waals surface area contributed by atoms with E-state index in [1.54, 1.807) is 0 Å². The number of aromatic nitrogens is 1. The fraction of sp³-hybridized carbons (Fsp3) is 0.167. The number of nitrogens with two attached hydrogens (primary N) is 1. The highest BCUT2D eigenvalue weighted by atomic mass is 19.4. The summed E-state index contributed by atoms with van der Waals surface area (Å²) in [6, 6.07) is 2.01. The second-order valence-electron chi connectivity index (χ2n) is 1.97. The van der Waals surface area contributed by atoms with E-state index in [9.17, 15) is 13.2 Å². The fourth-order valence-corrected chi connectivity index (χ4v) is 0.573. The Kier molecular flexibility index (Phi) is 3.03. The Balaban J connectivity index is 0.00000121. The maximum atomic E-state index is 11.8. The molecular weight excluding hydrogens is 171 g/mol. The number of rotatable bonds is 0. The molecular formula is C6H8F3N3. The summed E-state index contributed by atoms with van der Waals surface area (Å²) < 4.78 is 35.5. The molecule has 0 aliphatic carbocycles. The van der Waals surface area contributed by atoms with Crippen LogP contribution in [-0.4, -0.2) is 4.98 Å². The number of hydrogen-bond donors (Lipinski definition) is 2. The van der Waals surface area contributed by atoms with Crippen molar-refractivity contribution >= 4 is 5.82 Å². The minimum atomic E-state index is -4.33. The molecule has 1 heterocycles. The average Bonchev–Trinajstić information content (AvgIpc) is 1.86. The second-order valence-corrected chi connectivity index (χ2v) is 1.97. The molecule has 6 heteroatoms. The topological polar surface area (TPSA) is 73.9 Å². The zero-order chi connectivity index (χ0) is 8.48. The lowest BCUT2D eigenvalue weighted by molar-refractivity contribution is -0.137. The van der Waals surface area contributed by atoms with Crippen LogP contribution in [0.2, 0.25) is 0 Å². The monoisotopic (exact) mass is 179 g/mol. The first-order valence-electron chi connectivity index (χ1n) is 2.79. The van der Waals surface area contributed by atoms with E-state index in [1.807, 2.05) is 0 Å². The van der Waals surface area contributed by atoms with Gasteiger partial charge < -0.3 is 11.9 Å². The maximum Gasteiger partial charge on any atom is 0.417 e. The third-order valence-corrected chi connectivity index (χ3v) is 1.11. The van der Waals surface area contributed by atoms with Gasteiger partial charge in [0.2, 0.25) is 0 Å². The Morgan fingerprint density at radius 1 is 1.25 bits per heavy atom. The van der Waals surface area contributed by atoms with Gasteiger partial charge in [0.1, 0.15) is 5.82 Å².